The first-order valence-corrected chi connectivity index (χ1v) is 14.9. The van der Waals surface area contributed by atoms with Gasteiger partial charge in [-0.2, -0.15) is 8.42 Å². The summed E-state index contributed by atoms with van der Waals surface area (Å²) in [5.74, 6) is 0. The highest BCUT2D eigenvalue weighted by Gasteiger charge is 2.19. The molecule has 0 fully saturated rings. The Balaban J connectivity index is 1.81. The second kappa shape index (κ2) is 11.6. The number of aromatic nitrogens is 2. The van der Waals surface area contributed by atoms with Crippen molar-refractivity contribution in [2.75, 3.05) is 0 Å². The molecule has 7 heteroatoms. The Kier molecular flexibility index (Phi) is 7.96. The predicted molar refractivity (Wildman–Crippen MR) is 158 cm³/mol. The van der Waals surface area contributed by atoms with Crippen molar-refractivity contribution < 1.29 is 8.42 Å². The van der Waals surface area contributed by atoms with E-state index in [4.69, 9.17) is 16.6 Å². The Morgan fingerprint density at radius 3 is 2.23 bits per heavy atom. The van der Waals surface area contributed by atoms with Crippen LogP contribution in [0, 0.1) is 6.92 Å². The van der Waals surface area contributed by atoms with E-state index in [-0.39, 0.29) is 4.90 Å². The molecule has 5 aromatic rings. The molecule has 0 aliphatic rings. The SMILES string of the molecule is CCCCCc1ccc(-c2c(-c3ccc(Cl)cc3)nc3ccccn3/c2=N\S(=O)(=O)c2ccc(C)cc2)cc1. The van der Waals surface area contributed by atoms with E-state index in [0.717, 1.165) is 29.5 Å². The predicted octanol–water partition coefficient (Wildman–Crippen LogP) is 7.65. The molecular weight excluding hydrogens is 526 g/mol. The van der Waals surface area contributed by atoms with E-state index < -0.39 is 10.0 Å². The Hall–Kier alpha value is -3.74. The molecule has 2 heterocycles. The Labute approximate surface area is 234 Å². The van der Waals surface area contributed by atoms with Crippen molar-refractivity contribution in [2.45, 2.75) is 44.4 Å². The lowest BCUT2D eigenvalue weighted by atomic mass is 9.98. The summed E-state index contributed by atoms with van der Waals surface area (Å²) in [5.41, 5.74) is 6.02. The largest absolute Gasteiger partial charge is 0.285 e. The number of fused-ring (bicyclic) bond motifs is 1. The molecule has 5 nitrogen and oxygen atoms in total. The monoisotopic (exact) mass is 555 g/mol. The van der Waals surface area contributed by atoms with Crippen LogP contribution in [-0.2, 0) is 16.4 Å². The minimum Gasteiger partial charge on any atom is -0.285 e. The number of benzene rings is 3. The molecule has 0 bridgehead atoms. The highest BCUT2D eigenvalue weighted by Crippen LogP contribution is 2.30. The second-order valence-electron chi connectivity index (χ2n) is 9.63. The first-order chi connectivity index (χ1) is 18.9. The first kappa shape index (κ1) is 26.9. The molecule has 0 radical (unpaired) electrons. The molecule has 0 atom stereocenters. The average Bonchev–Trinajstić information content (AvgIpc) is 2.94. The highest BCUT2D eigenvalue weighted by atomic mass is 35.5. The minimum atomic E-state index is -4.03. The lowest BCUT2D eigenvalue weighted by Gasteiger charge is -2.14. The molecule has 0 saturated carbocycles. The summed E-state index contributed by atoms with van der Waals surface area (Å²) in [6.07, 6.45) is 6.28. The van der Waals surface area contributed by atoms with Gasteiger partial charge in [0.1, 0.15) is 5.65 Å². The fourth-order valence-electron chi connectivity index (χ4n) is 4.57. The summed E-state index contributed by atoms with van der Waals surface area (Å²) < 4.78 is 33.4. The fourth-order valence-corrected chi connectivity index (χ4v) is 5.69. The van der Waals surface area contributed by atoms with Gasteiger partial charge in [-0.25, -0.2) is 4.98 Å². The highest BCUT2D eigenvalue weighted by molar-refractivity contribution is 7.90. The molecule has 0 spiro atoms. The average molecular weight is 556 g/mol. The number of halogens is 1. The van der Waals surface area contributed by atoms with Crippen LogP contribution >= 0.6 is 11.6 Å². The van der Waals surface area contributed by atoms with Crippen molar-refractivity contribution in [3.05, 3.63) is 119 Å². The van der Waals surface area contributed by atoms with Gasteiger partial charge in [0, 0.05) is 16.8 Å². The van der Waals surface area contributed by atoms with Crippen molar-refractivity contribution in [2.24, 2.45) is 4.40 Å². The molecule has 198 valence electrons. The van der Waals surface area contributed by atoms with Gasteiger partial charge in [-0.05, 0) is 67.3 Å². The van der Waals surface area contributed by atoms with Gasteiger partial charge in [0.15, 0.2) is 5.49 Å². The van der Waals surface area contributed by atoms with Crippen LogP contribution in [0.5, 0.6) is 0 Å². The van der Waals surface area contributed by atoms with Gasteiger partial charge in [-0.15, -0.1) is 4.40 Å². The van der Waals surface area contributed by atoms with Gasteiger partial charge >= 0.3 is 0 Å². The Bertz CT molecular complexity index is 1780. The quantitative estimate of drug-likeness (QED) is 0.185. The zero-order valence-electron chi connectivity index (χ0n) is 22.0. The van der Waals surface area contributed by atoms with E-state index in [9.17, 15) is 8.42 Å². The summed E-state index contributed by atoms with van der Waals surface area (Å²) in [6, 6.07) is 28.0. The number of pyridine rings is 1. The fraction of sp³-hybridized carbons (Fsp3) is 0.188. The van der Waals surface area contributed by atoms with Gasteiger partial charge in [0.05, 0.1) is 16.2 Å². The van der Waals surface area contributed by atoms with Crippen LogP contribution in [0.15, 0.2) is 106 Å². The third kappa shape index (κ3) is 5.97. The van der Waals surface area contributed by atoms with E-state index in [2.05, 4.69) is 23.5 Å². The van der Waals surface area contributed by atoms with Crippen LogP contribution in [0.1, 0.15) is 37.3 Å². The molecule has 0 saturated heterocycles. The van der Waals surface area contributed by atoms with Crippen molar-refractivity contribution in [3.8, 4) is 22.4 Å². The van der Waals surface area contributed by atoms with Crippen molar-refractivity contribution >= 4 is 27.3 Å². The molecule has 3 aromatic carbocycles. The first-order valence-electron chi connectivity index (χ1n) is 13.1. The van der Waals surface area contributed by atoms with E-state index in [1.54, 1.807) is 47.0 Å². The minimum absolute atomic E-state index is 0.139. The molecule has 5 rings (SSSR count). The van der Waals surface area contributed by atoms with Crippen LogP contribution in [0.2, 0.25) is 5.02 Å². The maximum Gasteiger partial charge on any atom is 0.284 e. The van der Waals surface area contributed by atoms with Crippen LogP contribution in [0.25, 0.3) is 28.0 Å². The van der Waals surface area contributed by atoms with E-state index in [1.165, 1.54) is 18.4 Å². The van der Waals surface area contributed by atoms with E-state index >= 15 is 0 Å². The zero-order valence-corrected chi connectivity index (χ0v) is 23.6. The van der Waals surface area contributed by atoms with Crippen molar-refractivity contribution in [3.63, 3.8) is 0 Å². The van der Waals surface area contributed by atoms with E-state index in [1.807, 2.05) is 49.4 Å². The number of aryl methyl sites for hydroxylation is 2. The Morgan fingerprint density at radius 1 is 0.846 bits per heavy atom. The van der Waals surface area contributed by atoms with E-state index in [0.29, 0.717) is 27.4 Å². The van der Waals surface area contributed by atoms with Gasteiger partial charge in [-0.1, -0.05) is 91.5 Å². The van der Waals surface area contributed by atoms with Crippen LogP contribution in [0.4, 0.5) is 0 Å². The van der Waals surface area contributed by atoms with Crippen molar-refractivity contribution in [1.29, 1.82) is 0 Å². The molecule has 2 aromatic heterocycles. The molecule has 0 N–H and O–H groups in total. The topological polar surface area (TPSA) is 63.8 Å². The maximum atomic E-state index is 13.6. The summed E-state index contributed by atoms with van der Waals surface area (Å²) >= 11 is 6.20. The molecule has 0 amide bonds. The van der Waals surface area contributed by atoms with Crippen LogP contribution < -0.4 is 5.49 Å². The summed E-state index contributed by atoms with van der Waals surface area (Å²) in [6.45, 7) is 4.11. The smallest absolute Gasteiger partial charge is 0.284 e. The lowest BCUT2D eigenvalue weighted by Crippen LogP contribution is -2.22. The summed E-state index contributed by atoms with van der Waals surface area (Å²) in [7, 11) is -4.03. The number of sulfonamides is 1. The number of rotatable bonds is 8. The van der Waals surface area contributed by atoms with Gasteiger partial charge in [-0.3, -0.25) is 4.40 Å². The lowest BCUT2D eigenvalue weighted by molar-refractivity contribution is 0.596. The summed E-state index contributed by atoms with van der Waals surface area (Å²) in [5, 5.41) is 0.610. The number of hydrogen-bond acceptors (Lipinski definition) is 3. The normalized spacial score (nSPS) is 12.2. The summed E-state index contributed by atoms with van der Waals surface area (Å²) in [4.78, 5) is 5.11. The van der Waals surface area contributed by atoms with Gasteiger partial charge in [0.25, 0.3) is 10.0 Å². The van der Waals surface area contributed by atoms with Crippen molar-refractivity contribution in [1.82, 2.24) is 9.38 Å². The standard InChI is InChI=1S/C32H30ClN3O2S/c1-3-4-5-8-24-12-14-25(15-13-24)30-31(26-16-18-27(33)19-17-26)34-29-9-6-7-22-36(29)32(30)35-39(37,38)28-20-10-23(2)11-21-28/h6-7,9-22H,3-5,8H2,1-2H3/b35-32-. The second-order valence-corrected chi connectivity index (χ2v) is 11.7. The number of hydrogen-bond donors (Lipinski definition) is 0. The van der Waals surface area contributed by atoms with Gasteiger partial charge in [0.2, 0.25) is 0 Å². The third-order valence-electron chi connectivity index (χ3n) is 6.71. The van der Waals surface area contributed by atoms with Gasteiger partial charge < -0.3 is 0 Å². The zero-order chi connectivity index (χ0) is 27.4. The molecule has 0 aliphatic carbocycles. The number of nitrogens with zero attached hydrogens (tertiary/aromatic N) is 3. The molecule has 39 heavy (non-hydrogen) atoms. The Morgan fingerprint density at radius 2 is 1.54 bits per heavy atom. The molecular formula is C32H30ClN3O2S. The number of unbranched alkanes of at least 4 members (excludes halogenated alkanes) is 2. The van der Waals surface area contributed by atoms with Crippen LogP contribution in [0.3, 0.4) is 0 Å². The molecule has 0 unspecified atom stereocenters. The maximum absolute atomic E-state index is 13.6. The third-order valence-corrected chi connectivity index (χ3v) is 8.24. The molecule has 0 aliphatic heterocycles. The van der Waals surface area contributed by atoms with Crippen LogP contribution in [-0.4, -0.2) is 17.8 Å².